The molecule has 0 bridgehead atoms. The predicted molar refractivity (Wildman–Crippen MR) is 82.6 cm³/mol. The summed E-state index contributed by atoms with van der Waals surface area (Å²) in [5.41, 5.74) is 2.73. The van der Waals surface area contributed by atoms with Gasteiger partial charge in [-0.15, -0.1) is 0 Å². The van der Waals surface area contributed by atoms with Crippen LogP contribution < -0.4 is 5.32 Å². The summed E-state index contributed by atoms with van der Waals surface area (Å²) in [6.07, 6.45) is 0.412. The van der Waals surface area contributed by atoms with Crippen molar-refractivity contribution in [3.63, 3.8) is 0 Å². The van der Waals surface area contributed by atoms with Crippen LogP contribution in [-0.4, -0.2) is 24.3 Å². The van der Waals surface area contributed by atoms with Crippen LogP contribution in [0.1, 0.15) is 45.7 Å². The van der Waals surface area contributed by atoms with Gasteiger partial charge in [-0.25, -0.2) is 0 Å². The van der Waals surface area contributed by atoms with Gasteiger partial charge in [-0.1, -0.05) is 58.9 Å². The first-order valence-corrected chi connectivity index (χ1v) is 7.27. The van der Waals surface area contributed by atoms with Gasteiger partial charge >= 0.3 is 0 Å². The summed E-state index contributed by atoms with van der Waals surface area (Å²) in [6.45, 7) is 12.6. The maximum Gasteiger partial charge on any atom is 0.0704 e. The quantitative estimate of drug-likeness (QED) is 0.826. The maximum atomic E-state index is 9.98. The highest BCUT2D eigenvalue weighted by molar-refractivity contribution is 5.27. The average molecular weight is 263 g/mol. The first-order valence-electron chi connectivity index (χ1n) is 7.27. The highest BCUT2D eigenvalue weighted by Crippen LogP contribution is 2.22. The minimum absolute atomic E-state index is 0.190. The van der Waals surface area contributed by atoms with Gasteiger partial charge in [-0.3, -0.25) is 0 Å². The molecule has 108 valence electrons. The molecule has 0 saturated carbocycles. The van der Waals surface area contributed by atoms with Crippen molar-refractivity contribution in [2.75, 3.05) is 13.1 Å². The summed E-state index contributed by atoms with van der Waals surface area (Å²) < 4.78 is 0. The van der Waals surface area contributed by atoms with Crippen molar-refractivity contribution in [3.05, 3.63) is 35.4 Å². The normalized spacial score (nSPS) is 13.8. The fraction of sp³-hybridized carbons (Fsp3) is 0.647. The summed E-state index contributed by atoms with van der Waals surface area (Å²) in [5.74, 6) is 0.623. The van der Waals surface area contributed by atoms with E-state index in [9.17, 15) is 5.11 Å². The number of aliphatic hydroxyl groups excluding tert-OH is 1. The molecule has 0 aliphatic rings. The molecular formula is C17H29NO. The number of hydrogen-bond donors (Lipinski definition) is 2. The smallest absolute Gasteiger partial charge is 0.0704 e. The van der Waals surface area contributed by atoms with Crippen LogP contribution in [0.3, 0.4) is 0 Å². The van der Waals surface area contributed by atoms with Crippen LogP contribution >= 0.6 is 0 Å². The van der Waals surface area contributed by atoms with Gasteiger partial charge in [-0.2, -0.15) is 0 Å². The molecule has 2 heteroatoms. The van der Waals surface area contributed by atoms with Crippen LogP contribution in [0.15, 0.2) is 24.3 Å². The van der Waals surface area contributed by atoms with E-state index in [1.54, 1.807) is 0 Å². The summed E-state index contributed by atoms with van der Waals surface area (Å²) in [7, 11) is 0. The molecule has 2 N–H and O–H groups in total. The van der Waals surface area contributed by atoms with E-state index in [2.05, 4.69) is 64.2 Å². The van der Waals surface area contributed by atoms with Gasteiger partial charge in [0.25, 0.3) is 0 Å². The minimum Gasteiger partial charge on any atom is -0.391 e. The second-order valence-electron chi connectivity index (χ2n) is 6.86. The summed E-state index contributed by atoms with van der Waals surface area (Å²) in [4.78, 5) is 0. The molecular weight excluding hydrogens is 234 g/mol. The van der Waals surface area contributed by atoms with E-state index in [0.29, 0.717) is 12.5 Å². The van der Waals surface area contributed by atoms with Crippen molar-refractivity contribution < 1.29 is 5.11 Å². The van der Waals surface area contributed by atoms with E-state index in [0.717, 1.165) is 13.0 Å². The van der Waals surface area contributed by atoms with Crippen molar-refractivity contribution in [2.45, 2.75) is 52.6 Å². The molecule has 0 radical (unpaired) electrons. The van der Waals surface area contributed by atoms with E-state index in [4.69, 9.17) is 0 Å². The van der Waals surface area contributed by atoms with Crippen molar-refractivity contribution in [1.29, 1.82) is 0 Å². The van der Waals surface area contributed by atoms with E-state index >= 15 is 0 Å². The predicted octanol–water partition coefficient (Wildman–Crippen LogP) is 3.13. The average Bonchev–Trinajstić information content (AvgIpc) is 2.27. The van der Waals surface area contributed by atoms with Gasteiger partial charge in [0.1, 0.15) is 0 Å². The largest absolute Gasteiger partial charge is 0.391 e. The zero-order chi connectivity index (χ0) is 14.5. The Kier molecular flexibility index (Phi) is 6.02. The third-order valence-electron chi connectivity index (χ3n) is 3.22. The Morgan fingerprint density at radius 2 is 1.63 bits per heavy atom. The van der Waals surface area contributed by atoms with Crippen LogP contribution in [0.2, 0.25) is 0 Å². The molecule has 0 aliphatic heterocycles. The summed E-state index contributed by atoms with van der Waals surface area (Å²) in [6, 6.07) is 8.60. The van der Waals surface area contributed by atoms with Crippen LogP contribution in [-0.2, 0) is 11.8 Å². The highest BCUT2D eigenvalue weighted by atomic mass is 16.3. The maximum absolute atomic E-state index is 9.98. The Balaban J connectivity index is 2.44. The van der Waals surface area contributed by atoms with Gasteiger partial charge in [0.2, 0.25) is 0 Å². The van der Waals surface area contributed by atoms with Crippen molar-refractivity contribution in [2.24, 2.45) is 5.92 Å². The first-order chi connectivity index (χ1) is 8.79. The molecule has 1 atom stereocenters. The number of nitrogens with one attached hydrogen (secondary N) is 1. The van der Waals surface area contributed by atoms with Gasteiger partial charge in [-0.05, 0) is 35.4 Å². The van der Waals surface area contributed by atoms with E-state index in [1.165, 1.54) is 11.1 Å². The Hall–Kier alpha value is -0.860. The molecule has 1 unspecified atom stereocenters. The molecule has 0 spiro atoms. The zero-order valence-electron chi connectivity index (χ0n) is 13.0. The molecule has 0 aliphatic carbocycles. The van der Waals surface area contributed by atoms with E-state index in [1.807, 2.05) is 0 Å². The number of rotatable bonds is 6. The topological polar surface area (TPSA) is 32.3 Å². The lowest BCUT2D eigenvalue weighted by Crippen LogP contribution is -2.30. The lowest BCUT2D eigenvalue weighted by Gasteiger charge is -2.19. The Bertz CT molecular complexity index is 362. The third kappa shape index (κ3) is 6.22. The highest BCUT2D eigenvalue weighted by Gasteiger charge is 2.13. The first kappa shape index (κ1) is 16.2. The monoisotopic (exact) mass is 263 g/mol. The van der Waals surface area contributed by atoms with Crippen LogP contribution in [0.4, 0.5) is 0 Å². The number of hydrogen-bond acceptors (Lipinski definition) is 2. The molecule has 1 aromatic carbocycles. The molecule has 19 heavy (non-hydrogen) atoms. The van der Waals surface area contributed by atoms with E-state index in [-0.39, 0.29) is 11.5 Å². The molecule has 0 aromatic heterocycles. The lowest BCUT2D eigenvalue weighted by molar-refractivity contribution is 0.170. The molecule has 0 fully saturated rings. The van der Waals surface area contributed by atoms with Gasteiger partial charge in [0, 0.05) is 6.54 Å². The molecule has 1 aromatic rings. The Morgan fingerprint density at radius 1 is 1.05 bits per heavy atom. The van der Waals surface area contributed by atoms with Crippen molar-refractivity contribution >= 4 is 0 Å². The molecule has 0 amide bonds. The van der Waals surface area contributed by atoms with E-state index < -0.39 is 0 Å². The number of benzene rings is 1. The summed E-state index contributed by atoms with van der Waals surface area (Å²) in [5, 5.41) is 13.3. The summed E-state index contributed by atoms with van der Waals surface area (Å²) >= 11 is 0. The second kappa shape index (κ2) is 7.06. The Morgan fingerprint density at radius 3 is 2.11 bits per heavy atom. The fourth-order valence-electron chi connectivity index (χ4n) is 2.02. The second-order valence-corrected chi connectivity index (χ2v) is 6.86. The molecule has 1 rings (SSSR count). The van der Waals surface area contributed by atoms with Crippen LogP contribution in [0, 0.1) is 5.92 Å². The minimum atomic E-state index is -0.306. The van der Waals surface area contributed by atoms with Crippen LogP contribution in [0.25, 0.3) is 0 Å². The molecule has 0 heterocycles. The SMILES string of the molecule is CC(C)CNCC(O)Cc1ccc(C(C)(C)C)cc1. The third-order valence-corrected chi connectivity index (χ3v) is 3.22. The molecule has 2 nitrogen and oxygen atoms in total. The zero-order valence-corrected chi connectivity index (χ0v) is 13.0. The van der Waals surface area contributed by atoms with Crippen molar-refractivity contribution in [1.82, 2.24) is 5.32 Å². The lowest BCUT2D eigenvalue weighted by atomic mass is 9.86. The van der Waals surface area contributed by atoms with Gasteiger partial charge in [0.05, 0.1) is 6.10 Å². The van der Waals surface area contributed by atoms with Gasteiger partial charge in [0.15, 0.2) is 0 Å². The number of aliphatic hydroxyl groups is 1. The van der Waals surface area contributed by atoms with Crippen LogP contribution in [0.5, 0.6) is 0 Å². The Labute approximate surface area is 118 Å². The molecule has 0 saturated heterocycles. The van der Waals surface area contributed by atoms with Crippen molar-refractivity contribution in [3.8, 4) is 0 Å². The standard InChI is InChI=1S/C17H29NO/c1-13(2)11-18-12-16(19)10-14-6-8-15(9-7-14)17(3,4)5/h6-9,13,16,18-19H,10-12H2,1-5H3. The fourth-order valence-corrected chi connectivity index (χ4v) is 2.02. The van der Waals surface area contributed by atoms with Gasteiger partial charge < -0.3 is 10.4 Å².